The smallest absolute Gasteiger partial charge is 0.226 e. The molecule has 1 unspecified atom stereocenters. The van der Waals surface area contributed by atoms with E-state index in [-0.39, 0.29) is 29.6 Å². The first-order valence-corrected chi connectivity index (χ1v) is 11.2. The summed E-state index contributed by atoms with van der Waals surface area (Å²) in [5.74, 6) is -0.155. The van der Waals surface area contributed by atoms with E-state index in [9.17, 15) is 14.3 Å². The Morgan fingerprint density at radius 2 is 2.06 bits per heavy atom. The van der Waals surface area contributed by atoms with E-state index in [1.54, 1.807) is 12.3 Å². The number of hydrogen-bond donors (Lipinski definition) is 4. The molecular formula is C24H24FN7O2. The lowest BCUT2D eigenvalue weighted by Crippen LogP contribution is -2.18. The van der Waals surface area contributed by atoms with E-state index in [1.807, 2.05) is 19.1 Å². The Morgan fingerprint density at radius 3 is 2.76 bits per heavy atom. The molecule has 0 aromatic carbocycles. The number of aliphatic hydroxyl groups excluding tert-OH is 1. The van der Waals surface area contributed by atoms with Gasteiger partial charge in [-0.05, 0) is 50.5 Å². The summed E-state index contributed by atoms with van der Waals surface area (Å²) in [5.41, 5.74) is 2.28. The van der Waals surface area contributed by atoms with E-state index in [0.29, 0.717) is 34.9 Å². The highest BCUT2D eigenvalue weighted by atomic mass is 19.1. The normalized spacial score (nSPS) is 14.2. The summed E-state index contributed by atoms with van der Waals surface area (Å²) in [6.45, 7) is 1.90. The number of carbonyl (C=O) groups is 1. The SMILES string of the molecule is CC(CCO)Nc1ncnc2[nH]cc(C(=O)c3ccc(Nc4ccc(C5CC5)nc4)nc3F)c12. The molecule has 1 saturated carbocycles. The standard InChI is InChI=1S/C24H24FN7O2/c1-13(8-9-33)30-24-20-17(11-27-23(20)28-12-29-24)21(34)16-5-7-19(32-22(16)25)31-15-4-6-18(26-10-15)14-2-3-14/h4-7,10-14,33H,2-3,8-9H2,1H3,(H,31,32)(H2,27,28,29,30). The maximum Gasteiger partial charge on any atom is 0.226 e. The van der Waals surface area contributed by atoms with Crippen LogP contribution in [-0.2, 0) is 0 Å². The molecule has 0 aliphatic heterocycles. The van der Waals surface area contributed by atoms with Crippen molar-refractivity contribution < 1.29 is 14.3 Å². The molecule has 1 fully saturated rings. The highest BCUT2D eigenvalue weighted by molar-refractivity contribution is 6.18. The number of pyridine rings is 2. The number of nitrogens with one attached hydrogen (secondary N) is 3. The van der Waals surface area contributed by atoms with Crippen LogP contribution in [0.25, 0.3) is 11.0 Å². The van der Waals surface area contributed by atoms with Crippen molar-refractivity contribution >= 4 is 34.1 Å². The van der Waals surface area contributed by atoms with Crippen LogP contribution in [0.4, 0.5) is 21.7 Å². The summed E-state index contributed by atoms with van der Waals surface area (Å²) in [5, 5.41) is 15.8. The first-order chi connectivity index (χ1) is 16.5. The molecule has 1 atom stereocenters. The van der Waals surface area contributed by atoms with Gasteiger partial charge in [0.2, 0.25) is 5.95 Å². The summed E-state index contributed by atoms with van der Waals surface area (Å²) in [6.07, 6.45) is 7.40. The van der Waals surface area contributed by atoms with Crippen LogP contribution in [0.15, 0.2) is 43.0 Å². The number of aromatic nitrogens is 5. The summed E-state index contributed by atoms with van der Waals surface area (Å²) >= 11 is 0. The maximum absolute atomic E-state index is 14.9. The molecule has 174 valence electrons. The van der Waals surface area contributed by atoms with Crippen molar-refractivity contribution in [2.45, 2.75) is 38.1 Å². The van der Waals surface area contributed by atoms with Gasteiger partial charge in [0.25, 0.3) is 0 Å². The van der Waals surface area contributed by atoms with Crippen LogP contribution in [0, 0.1) is 5.95 Å². The van der Waals surface area contributed by atoms with Crippen molar-refractivity contribution in [2.24, 2.45) is 0 Å². The summed E-state index contributed by atoms with van der Waals surface area (Å²) in [7, 11) is 0. The van der Waals surface area contributed by atoms with Crippen molar-refractivity contribution in [3.05, 3.63) is 65.8 Å². The zero-order valence-electron chi connectivity index (χ0n) is 18.5. The van der Waals surface area contributed by atoms with Gasteiger partial charge in [-0.2, -0.15) is 4.39 Å². The predicted octanol–water partition coefficient (Wildman–Crippen LogP) is 3.92. The van der Waals surface area contributed by atoms with Gasteiger partial charge < -0.3 is 20.7 Å². The van der Waals surface area contributed by atoms with Gasteiger partial charge in [-0.25, -0.2) is 15.0 Å². The molecule has 9 nitrogen and oxygen atoms in total. The Hall–Kier alpha value is -3.92. The van der Waals surface area contributed by atoms with Crippen molar-refractivity contribution in [1.29, 1.82) is 0 Å². The number of hydrogen-bond acceptors (Lipinski definition) is 8. The van der Waals surface area contributed by atoms with E-state index < -0.39 is 11.7 Å². The lowest BCUT2D eigenvalue weighted by molar-refractivity contribution is 0.103. The minimum absolute atomic E-state index is 0.0132. The number of rotatable bonds is 9. The molecular weight excluding hydrogens is 437 g/mol. The summed E-state index contributed by atoms with van der Waals surface area (Å²) in [6, 6.07) is 6.72. The molecule has 4 N–H and O–H groups in total. The third-order valence-electron chi connectivity index (χ3n) is 5.81. The monoisotopic (exact) mass is 461 g/mol. The topological polar surface area (TPSA) is 129 Å². The molecule has 0 radical (unpaired) electrons. The van der Waals surface area contributed by atoms with Crippen LogP contribution in [0.1, 0.15) is 53.7 Å². The first-order valence-electron chi connectivity index (χ1n) is 11.2. The lowest BCUT2D eigenvalue weighted by Gasteiger charge is -2.14. The molecule has 10 heteroatoms. The Balaban J connectivity index is 1.39. The third kappa shape index (κ3) is 4.44. The van der Waals surface area contributed by atoms with Crippen LogP contribution in [0.3, 0.4) is 0 Å². The fourth-order valence-electron chi connectivity index (χ4n) is 3.82. The largest absolute Gasteiger partial charge is 0.396 e. The fourth-order valence-corrected chi connectivity index (χ4v) is 3.82. The van der Waals surface area contributed by atoms with Gasteiger partial charge in [-0.15, -0.1) is 0 Å². The minimum atomic E-state index is -0.882. The Kier molecular flexibility index (Phi) is 5.89. The second kappa shape index (κ2) is 9.14. The van der Waals surface area contributed by atoms with E-state index in [0.717, 1.165) is 5.69 Å². The molecule has 0 bridgehead atoms. The molecule has 1 aliphatic rings. The molecule has 0 saturated heterocycles. The van der Waals surface area contributed by atoms with Gasteiger partial charge in [0.15, 0.2) is 5.78 Å². The van der Waals surface area contributed by atoms with Crippen molar-refractivity contribution in [1.82, 2.24) is 24.9 Å². The predicted molar refractivity (Wildman–Crippen MR) is 126 cm³/mol. The number of halogens is 1. The zero-order valence-corrected chi connectivity index (χ0v) is 18.5. The quantitative estimate of drug-likeness (QED) is 0.218. The van der Waals surface area contributed by atoms with Crippen LogP contribution in [0.2, 0.25) is 0 Å². The lowest BCUT2D eigenvalue weighted by atomic mass is 10.0. The van der Waals surface area contributed by atoms with Crippen molar-refractivity contribution in [2.75, 3.05) is 17.2 Å². The number of H-pyrrole nitrogens is 1. The van der Waals surface area contributed by atoms with Crippen LogP contribution >= 0.6 is 0 Å². The Morgan fingerprint density at radius 1 is 1.21 bits per heavy atom. The van der Waals surface area contributed by atoms with Crippen molar-refractivity contribution in [3.8, 4) is 0 Å². The summed E-state index contributed by atoms with van der Waals surface area (Å²) in [4.78, 5) is 32.9. The number of anilines is 3. The number of aliphatic hydroxyl groups is 1. The van der Waals surface area contributed by atoms with E-state index >= 15 is 0 Å². The molecule has 4 aromatic rings. The van der Waals surface area contributed by atoms with Crippen LogP contribution in [0.5, 0.6) is 0 Å². The minimum Gasteiger partial charge on any atom is -0.396 e. The maximum atomic E-state index is 14.9. The first kappa shape index (κ1) is 21.9. The molecule has 4 aromatic heterocycles. The fraction of sp³-hybridized carbons (Fsp3) is 0.292. The van der Waals surface area contributed by atoms with E-state index in [2.05, 4.69) is 35.6 Å². The zero-order chi connectivity index (χ0) is 23.7. The van der Waals surface area contributed by atoms with Crippen LogP contribution < -0.4 is 10.6 Å². The Bertz CT molecular complexity index is 1340. The molecule has 34 heavy (non-hydrogen) atoms. The molecule has 1 aliphatic carbocycles. The van der Waals surface area contributed by atoms with Gasteiger partial charge in [0.1, 0.15) is 23.6 Å². The van der Waals surface area contributed by atoms with Crippen LogP contribution in [-0.4, -0.2) is 48.5 Å². The molecule has 0 spiro atoms. The van der Waals surface area contributed by atoms with E-state index in [1.165, 1.54) is 31.4 Å². The van der Waals surface area contributed by atoms with Gasteiger partial charge in [-0.3, -0.25) is 9.78 Å². The average molecular weight is 462 g/mol. The molecule has 5 rings (SSSR count). The third-order valence-corrected chi connectivity index (χ3v) is 5.81. The number of ketones is 1. The highest BCUT2D eigenvalue weighted by Gasteiger charge is 2.25. The second-order valence-electron chi connectivity index (χ2n) is 8.44. The van der Waals surface area contributed by atoms with E-state index in [4.69, 9.17) is 0 Å². The van der Waals surface area contributed by atoms with Gasteiger partial charge in [0, 0.05) is 30.5 Å². The molecule has 4 heterocycles. The second-order valence-corrected chi connectivity index (χ2v) is 8.44. The van der Waals surface area contributed by atoms with Crippen molar-refractivity contribution in [3.63, 3.8) is 0 Å². The number of fused-ring (bicyclic) bond motifs is 1. The van der Waals surface area contributed by atoms with Gasteiger partial charge in [0.05, 0.1) is 28.4 Å². The van der Waals surface area contributed by atoms with Gasteiger partial charge in [-0.1, -0.05) is 0 Å². The number of aromatic amines is 1. The van der Waals surface area contributed by atoms with Gasteiger partial charge >= 0.3 is 0 Å². The number of carbonyl (C=O) groups excluding carboxylic acids is 1. The molecule has 0 amide bonds. The number of nitrogens with zero attached hydrogens (tertiary/aromatic N) is 4. The Labute approximate surface area is 194 Å². The average Bonchev–Trinajstić information content (AvgIpc) is 3.58. The highest BCUT2D eigenvalue weighted by Crippen LogP contribution is 2.39. The summed E-state index contributed by atoms with van der Waals surface area (Å²) < 4.78 is 14.9.